The molecule has 0 atom stereocenters. The first-order valence-corrected chi connectivity index (χ1v) is 15.2. The standard InChI is InChI=1S/C24H24Br2Se2/c1-3-19-21(25)22(26)20(4-2)24(28-16-18-13-9-6-10-14-18)23(19)27-15-17-11-7-5-8-12-17/h5-14H,3-4,15-16H2,1-2H3. The fourth-order valence-corrected chi connectivity index (χ4v) is 11.4. The van der Waals surface area contributed by atoms with Gasteiger partial charge in [0, 0.05) is 0 Å². The Hall–Kier alpha value is -0.341. The average Bonchev–Trinajstić information content (AvgIpc) is 2.74. The molecule has 3 aromatic rings. The molecular weight excluding hydrogens is 606 g/mol. The minimum absolute atomic E-state index is 0.438. The van der Waals surface area contributed by atoms with Crippen molar-refractivity contribution < 1.29 is 0 Å². The molecule has 0 aromatic heterocycles. The van der Waals surface area contributed by atoms with Gasteiger partial charge in [0.15, 0.2) is 0 Å². The van der Waals surface area contributed by atoms with Crippen LogP contribution >= 0.6 is 31.9 Å². The second-order valence-electron chi connectivity index (χ2n) is 6.50. The van der Waals surface area contributed by atoms with Crippen LogP contribution in [0.5, 0.6) is 0 Å². The van der Waals surface area contributed by atoms with E-state index in [4.69, 9.17) is 0 Å². The summed E-state index contributed by atoms with van der Waals surface area (Å²) in [4.78, 5) is 0. The van der Waals surface area contributed by atoms with Gasteiger partial charge in [-0.15, -0.1) is 0 Å². The number of hydrogen-bond acceptors (Lipinski definition) is 0. The Labute approximate surface area is 198 Å². The van der Waals surface area contributed by atoms with Crippen LogP contribution in [0, 0.1) is 0 Å². The van der Waals surface area contributed by atoms with Gasteiger partial charge in [-0.25, -0.2) is 0 Å². The molecule has 3 rings (SSSR count). The van der Waals surface area contributed by atoms with Gasteiger partial charge in [-0.1, -0.05) is 0 Å². The van der Waals surface area contributed by atoms with E-state index in [-0.39, 0.29) is 0 Å². The van der Waals surface area contributed by atoms with Crippen LogP contribution in [-0.4, -0.2) is 29.9 Å². The van der Waals surface area contributed by atoms with Gasteiger partial charge < -0.3 is 0 Å². The monoisotopic (exact) mass is 630 g/mol. The van der Waals surface area contributed by atoms with Crippen molar-refractivity contribution in [2.75, 3.05) is 0 Å². The molecule has 146 valence electrons. The topological polar surface area (TPSA) is 0 Å². The third kappa shape index (κ3) is 5.42. The molecule has 0 heterocycles. The van der Waals surface area contributed by atoms with Gasteiger partial charge in [0.25, 0.3) is 0 Å². The Kier molecular flexibility index (Phi) is 8.91. The molecule has 4 heteroatoms. The van der Waals surface area contributed by atoms with E-state index < -0.39 is 0 Å². The van der Waals surface area contributed by atoms with E-state index in [0.717, 1.165) is 23.5 Å². The van der Waals surface area contributed by atoms with Crippen LogP contribution in [0.4, 0.5) is 0 Å². The zero-order valence-corrected chi connectivity index (χ0v) is 22.8. The molecule has 0 aliphatic heterocycles. The van der Waals surface area contributed by atoms with E-state index in [9.17, 15) is 0 Å². The second-order valence-corrected chi connectivity index (χ2v) is 12.2. The summed E-state index contributed by atoms with van der Waals surface area (Å²) >= 11 is 8.69. The predicted molar refractivity (Wildman–Crippen MR) is 132 cm³/mol. The van der Waals surface area contributed by atoms with Crippen LogP contribution in [0.1, 0.15) is 36.1 Å². The first-order valence-electron chi connectivity index (χ1n) is 9.51. The van der Waals surface area contributed by atoms with Crippen molar-refractivity contribution in [3.63, 3.8) is 0 Å². The van der Waals surface area contributed by atoms with E-state index in [1.165, 1.54) is 31.2 Å². The molecule has 0 saturated carbocycles. The SMILES string of the molecule is CCc1c(Br)c(Br)c(CC)c([Se]Cc2ccccc2)c1[Se]Cc1ccccc1. The molecule has 0 fully saturated rings. The zero-order chi connectivity index (χ0) is 19.9. The maximum absolute atomic E-state index is 3.91. The van der Waals surface area contributed by atoms with Crippen molar-refractivity contribution in [2.45, 2.75) is 37.3 Å². The van der Waals surface area contributed by atoms with Gasteiger partial charge in [-0.2, -0.15) is 0 Å². The van der Waals surface area contributed by atoms with Gasteiger partial charge in [-0.05, 0) is 0 Å². The third-order valence-electron chi connectivity index (χ3n) is 4.64. The van der Waals surface area contributed by atoms with Crippen LogP contribution in [0.2, 0.25) is 0 Å². The van der Waals surface area contributed by atoms with Crippen molar-refractivity contribution in [1.29, 1.82) is 0 Å². The first-order chi connectivity index (χ1) is 13.7. The van der Waals surface area contributed by atoms with E-state index in [2.05, 4.69) is 106 Å². The molecule has 0 aliphatic rings. The summed E-state index contributed by atoms with van der Waals surface area (Å²) in [5, 5.41) is 2.32. The van der Waals surface area contributed by atoms with E-state index in [0.29, 0.717) is 29.9 Å². The van der Waals surface area contributed by atoms with Crippen molar-refractivity contribution in [3.05, 3.63) is 91.9 Å². The molecule has 0 amide bonds. The quantitative estimate of drug-likeness (QED) is 0.293. The van der Waals surface area contributed by atoms with E-state index >= 15 is 0 Å². The van der Waals surface area contributed by atoms with Crippen molar-refractivity contribution in [2.24, 2.45) is 0 Å². The van der Waals surface area contributed by atoms with E-state index in [1.807, 2.05) is 0 Å². The van der Waals surface area contributed by atoms with Crippen LogP contribution in [0.15, 0.2) is 69.6 Å². The maximum atomic E-state index is 3.91. The molecule has 0 spiro atoms. The van der Waals surface area contributed by atoms with Gasteiger partial charge in [-0.3, -0.25) is 0 Å². The van der Waals surface area contributed by atoms with Crippen LogP contribution in [0.3, 0.4) is 0 Å². The number of rotatable bonds is 8. The molecule has 0 radical (unpaired) electrons. The summed E-state index contributed by atoms with van der Waals surface area (Å²) in [7, 11) is 0. The molecule has 0 nitrogen and oxygen atoms in total. The normalized spacial score (nSPS) is 11.0. The summed E-state index contributed by atoms with van der Waals surface area (Å²) in [6, 6.07) is 21.9. The summed E-state index contributed by atoms with van der Waals surface area (Å²) in [5.74, 6) is 0. The fourth-order valence-electron chi connectivity index (χ4n) is 3.13. The average molecular weight is 630 g/mol. The molecule has 3 aromatic carbocycles. The van der Waals surface area contributed by atoms with E-state index in [1.54, 1.807) is 8.92 Å². The summed E-state index contributed by atoms with van der Waals surface area (Å²) in [6.45, 7) is 4.57. The number of hydrogen-bond donors (Lipinski definition) is 0. The Morgan fingerprint density at radius 3 is 1.29 bits per heavy atom. The molecule has 0 aliphatic carbocycles. The van der Waals surface area contributed by atoms with Crippen molar-refractivity contribution in [3.8, 4) is 0 Å². The Morgan fingerprint density at radius 2 is 0.964 bits per heavy atom. The third-order valence-corrected chi connectivity index (χ3v) is 12.7. The van der Waals surface area contributed by atoms with Crippen molar-refractivity contribution in [1.82, 2.24) is 0 Å². The second kappa shape index (κ2) is 11.2. The van der Waals surface area contributed by atoms with Crippen LogP contribution in [0.25, 0.3) is 0 Å². The summed E-state index contributed by atoms with van der Waals surface area (Å²) < 4.78 is 5.83. The van der Waals surface area contributed by atoms with Crippen LogP contribution < -0.4 is 8.92 Å². The number of halogens is 2. The van der Waals surface area contributed by atoms with Gasteiger partial charge in [0.2, 0.25) is 0 Å². The van der Waals surface area contributed by atoms with Crippen molar-refractivity contribution >= 4 is 70.7 Å². The fraction of sp³-hybridized carbons (Fsp3) is 0.250. The van der Waals surface area contributed by atoms with Gasteiger partial charge in [0.1, 0.15) is 0 Å². The molecular formula is C24H24Br2Se2. The van der Waals surface area contributed by atoms with Gasteiger partial charge in [0.05, 0.1) is 0 Å². The molecule has 0 N–H and O–H groups in total. The molecule has 28 heavy (non-hydrogen) atoms. The predicted octanol–water partition coefficient (Wildman–Crippen LogP) is 5.40. The summed E-state index contributed by atoms with van der Waals surface area (Å²) in [6.07, 6.45) is 2.15. The zero-order valence-electron chi connectivity index (χ0n) is 16.2. The van der Waals surface area contributed by atoms with Gasteiger partial charge >= 0.3 is 200 Å². The summed E-state index contributed by atoms with van der Waals surface area (Å²) in [5.41, 5.74) is 5.90. The Balaban J connectivity index is 1.99. The Bertz CT molecular complexity index is 833. The number of benzene rings is 3. The molecule has 0 bridgehead atoms. The molecule has 0 saturated heterocycles. The molecule has 0 unspecified atom stereocenters. The van der Waals surface area contributed by atoms with Crippen LogP contribution in [-0.2, 0) is 23.5 Å². The minimum atomic E-state index is 0.438. The first kappa shape index (κ1) is 22.3. The Morgan fingerprint density at radius 1 is 0.607 bits per heavy atom.